The van der Waals surface area contributed by atoms with Crippen LogP contribution in [0.15, 0.2) is 16.7 Å². The molecular formula is C11H15N5O2. The van der Waals surface area contributed by atoms with Gasteiger partial charge < -0.3 is 15.0 Å². The summed E-state index contributed by atoms with van der Waals surface area (Å²) in [5, 5.41) is 11.7. The van der Waals surface area contributed by atoms with Gasteiger partial charge in [0.25, 0.3) is 0 Å². The van der Waals surface area contributed by atoms with Crippen LogP contribution in [0.25, 0.3) is 11.5 Å². The lowest BCUT2D eigenvalue weighted by atomic mass is 9.94. The predicted octanol–water partition coefficient (Wildman–Crippen LogP) is 0.771. The lowest BCUT2D eigenvalue weighted by Crippen LogP contribution is -2.28. The van der Waals surface area contributed by atoms with E-state index in [1.54, 1.807) is 12.1 Å². The van der Waals surface area contributed by atoms with Crippen LogP contribution < -0.4 is 10.5 Å². The minimum atomic E-state index is -0.356. The largest absolute Gasteiger partial charge is 0.480 e. The Morgan fingerprint density at radius 3 is 2.67 bits per heavy atom. The van der Waals surface area contributed by atoms with E-state index in [2.05, 4.69) is 20.3 Å². The van der Waals surface area contributed by atoms with E-state index in [4.69, 9.17) is 15.0 Å². The first-order chi connectivity index (χ1) is 8.56. The molecule has 0 saturated carbocycles. The fourth-order valence-electron chi connectivity index (χ4n) is 1.24. The third-order valence-electron chi connectivity index (χ3n) is 2.59. The van der Waals surface area contributed by atoms with Crippen molar-refractivity contribution in [3.05, 3.63) is 18.0 Å². The van der Waals surface area contributed by atoms with Crippen molar-refractivity contribution >= 4 is 0 Å². The van der Waals surface area contributed by atoms with E-state index in [9.17, 15) is 0 Å². The van der Waals surface area contributed by atoms with Crippen molar-refractivity contribution < 1.29 is 9.26 Å². The molecule has 0 fully saturated rings. The fourth-order valence-corrected chi connectivity index (χ4v) is 1.24. The Balaban J connectivity index is 2.29. The van der Waals surface area contributed by atoms with Crippen LogP contribution in [0.2, 0.25) is 0 Å². The van der Waals surface area contributed by atoms with Crippen molar-refractivity contribution in [3.8, 4) is 17.4 Å². The molecule has 0 aliphatic heterocycles. The van der Waals surface area contributed by atoms with Crippen molar-refractivity contribution in [2.45, 2.75) is 19.3 Å². The van der Waals surface area contributed by atoms with E-state index in [-0.39, 0.29) is 5.41 Å². The van der Waals surface area contributed by atoms with Gasteiger partial charge in [0.1, 0.15) is 5.69 Å². The number of nitrogens with zero attached hydrogens (tertiary/aromatic N) is 4. The number of hydrogen-bond acceptors (Lipinski definition) is 7. The minimum Gasteiger partial charge on any atom is -0.480 e. The zero-order valence-corrected chi connectivity index (χ0v) is 10.5. The molecule has 0 unspecified atom stereocenters. The number of hydrogen-bond donors (Lipinski definition) is 1. The van der Waals surface area contributed by atoms with Crippen LogP contribution in [0, 0.1) is 0 Å². The van der Waals surface area contributed by atoms with E-state index in [0.29, 0.717) is 29.8 Å². The molecule has 7 nitrogen and oxygen atoms in total. The van der Waals surface area contributed by atoms with Crippen LogP contribution in [-0.2, 0) is 5.41 Å². The van der Waals surface area contributed by atoms with Gasteiger partial charge in [0.15, 0.2) is 0 Å². The minimum absolute atomic E-state index is 0.356. The summed E-state index contributed by atoms with van der Waals surface area (Å²) in [6.07, 6.45) is 0. The highest BCUT2D eigenvalue weighted by Gasteiger charge is 2.26. The second kappa shape index (κ2) is 4.69. The van der Waals surface area contributed by atoms with Crippen molar-refractivity contribution in [1.82, 2.24) is 20.3 Å². The quantitative estimate of drug-likeness (QED) is 0.854. The van der Waals surface area contributed by atoms with Gasteiger partial charge in [-0.2, -0.15) is 4.98 Å². The van der Waals surface area contributed by atoms with Gasteiger partial charge in [0, 0.05) is 12.6 Å². The average Bonchev–Trinajstić information content (AvgIpc) is 2.89. The Kier molecular flexibility index (Phi) is 3.24. The van der Waals surface area contributed by atoms with E-state index in [1.807, 2.05) is 13.8 Å². The second-order valence-corrected chi connectivity index (χ2v) is 4.47. The maximum Gasteiger partial charge on any atom is 0.233 e. The molecule has 96 valence electrons. The standard InChI is InChI=1S/C11H15N5O2/c1-11(2,6-12)10-13-9(16-18-10)7-4-5-8(17-3)15-14-7/h4-5H,6,12H2,1-3H3. The third kappa shape index (κ3) is 2.30. The first kappa shape index (κ1) is 12.4. The molecule has 0 aromatic carbocycles. The van der Waals surface area contributed by atoms with E-state index < -0.39 is 0 Å². The highest BCUT2D eigenvalue weighted by Crippen LogP contribution is 2.22. The summed E-state index contributed by atoms with van der Waals surface area (Å²) >= 11 is 0. The number of aromatic nitrogens is 4. The molecule has 0 amide bonds. The molecule has 7 heteroatoms. The first-order valence-electron chi connectivity index (χ1n) is 5.49. The zero-order chi connectivity index (χ0) is 13.2. The third-order valence-corrected chi connectivity index (χ3v) is 2.59. The molecule has 2 N–H and O–H groups in total. The molecule has 0 bridgehead atoms. The highest BCUT2D eigenvalue weighted by molar-refractivity contribution is 5.47. The molecule has 2 aromatic heterocycles. The highest BCUT2D eigenvalue weighted by atomic mass is 16.5. The monoisotopic (exact) mass is 249 g/mol. The molecule has 0 aliphatic rings. The summed E-state index contributed by atoms with van der Waals surface area (Å²) in [5.74, 6) is 1.31. The zero-order valence-electron chi connectivity index (χ0n) is 10.5. The molecule has 2 heterocycles. The van der Waals surface area contributed by atoms with Crippen LogP contribution in [0.4, 0.5) is 0 Å². The molecular weight excluding hydrogens is 234 g/mol. The van der Waals surface area contributed by atoms with Gasteiger partial charge in [-0.25, -0.2) is 0 Å². The Bertz CT molecular complexity index is 520. The summed E-state index contributed by atoms with van der Waals surface area (Å²) in [6, 6.07) is 3.41. The first-order valence-corrected chi connectivity index (χ1v) is 5.49. The van der Waals surface area contributed by atoms with Crippen molar-refractivity contribution in [2.75, 3.05) is 13.7 Å². The summed E-state index contributed by atoms with van der Waals surface area (Å²) in [7, 11) is 1.53. The van der Waals surface area contributed by atoms with Gasteiger partial charge in [-0.3, -0.25) is 0 Å². The van der Waals surface area contributed by atoms with Gasteiger partial charge >= 0.3 is 0 Å². The molecule has 18 heavy (non-hydrogen) atoms. The Morgan fingerprint density at radius 1 is 1.33 bits per heavy atom. The predicted molar refractivity (Wildman–Crippen MR) is 64.0 cm³/mol. The van der Waals surface area contributed by atoms with Crippen LogP contribution in [0.5, 0.6) is 5.88 Å². The second-order valence-electron chi connectivity index (χ2n) is 4.47. The van der Waals surface area contributed by atoms with Crippen LogP contribution in [-0.4, -0.2) is 34.0 Å². The van der Waals surface area contributed by atoms with Gasteiger partial charge in [-0.15, -0.1) is 10.2 Å². The fraction of sp³-hybridized carbons (Fsp3) is 0.455. The van der Waals surface area contributed by atoms with E-state index in [0.717, 1.165) is 0 Å². The molecule has 0 spiro atoms. The van der Waals surface area contributed by atoms with Gasteiger partial charge in [-0.05, 0) is 19.9 Å². The molecule has 2 aromatic rings. The molecule has 0 atom stereocenters. The normalized spacial score (nSPS) is 11.6. The van der Waals surface area contributed by atoms with Crippen LogP contribution >= 0.6 is 0 Å². The van der Waals surface area contributed by atoms with E-state index >= 15 is 0 Å². The van der Waals surface area contributed by atoms with Crippen molar-refractivity contribution in [3.63, 3.8) is 0 Å². The number of rotatable bonds is 4. The Hall–Kier alpha value is -2.02. The number of ether oxygens (including phenoxy) is 1. The maximum absolute atomic E-state index is 5.65. The van der Waals surface area contributed by atoms with E-state index in [1.165, 1.54) is 7.11 Å². The topological polar surface area (TPSA) is 100.0 Å². The summed E-state index contributed by atoms with van der Waals surface area (Å²) < 4.78 is 10.1. The van der Waals surface area contributed by atoms with Gasteiger partial charge in [-0.1, -0.05) is 5.16 Å². The van der Waals surface area contributed by atoms with Gasteiger partial charge in [0.05, 0.1) is 12.5 Å². The van der Waals surface area contributed by atoms with Crippen molar-refractivity contribution in [2.24, 2.45) is 5.73 Å². The summed E-state index contributed by atoms with van der Waals surface area (Å²) in [6.45, 7) is 4.29. The van der Waals surface area contributed by atoms with Crippen LogP contribution in [0.1, 0.15) is 19.7 Å². The van der Waals surface area contributed by atoms with Crippen molar-refractivity contribution in [1.29, 1.82) is 0 Å². The maximum atomic E-state index is 5.65. The summed E-state index contributed by atoms with van der Waals surface area (Å²) in [5.41, 5.74) is 5.82. The smallest absolute Gasteiger partial charge is 0.233 e. The lowest BCUT2D eigenvalue weighted by Gasteiger charge is -2.15. The summed E-state index contributed by atoms with van der Waals surface area (Å²) in [4.78, 5) is 4.28. The molecule has 0 aliphatic carbocycles. The Labute approximate surface area is 104 Å². The van der Waals surface area contributed by atoms with Gasteiger partial charge in [0.2, 0.25) is 17.6 Å². The number of nitrogens with two attached hydrogens (primary N) is 1. The molecule has 0 radical (unpaired) electrons. The Morgan fingerprint density at radius 2 is 2.11 bits per heavy atom. The molecule has 2 rings (SSSR count). The van der Waals surface area contributed by atoms with Crippen LogP contribution in [0.3, 0.4) is 0 Å². The molecule has 0 saturated heterocycles. The SMILES string of the molecule is COc1ccc(-c2noc(C(C)(C)CN)n2)nn1. The lowest BCUT2D eigenvalue weighted by molar-refractivity contribution is 0.311. The average molecular weight is 249 g/mol. The number of methoxy groups -OCH3 is 1.